The van der Waals surface area contributed by atoms with E-state index in [1.54, 1.807) is 0 Å². The number of carbonyl (C=O) groups is 1. The molecule has 0 unspecified atom stereocenters. The Bertz CT molecular complexity index is 652. The highest BCUT2D eigenvalue weighted by atomic mass is 32.1. The van der Waals surface area contributed by atoms with Crippen LogP contribution in [-0.2, 0) is 10.9 Å². The quantitative estimate of drug-likeness (QED) is 0.865. The molecule has 0 amide bonds. The topological polar surface area (TPSA) is 65.2 Å². The highest BCUT2D eigenvalue weighted by Gasteiger charge is 2.31. The van der Waals surface area contributed by atoms with Crippen LogP contribution in [0, 0.1) is 0 Å². The second-order valence-electron chi connectivity index (χ2n) is 3.84. The van der Waals surface area contributed by atoms with E-state index in [0.29, 0.717) is 0 Å². The Kier molecular flexibility index (Phi) is 3.67. The third-order valence-electron chi connectivity index (χ3n) is 2.56. The highest BCUT2D eigenvalue weighted by Crippen LogP contribution is 2.35. The summed E-state index contributed by atoms with van der Waals surface area (Å²) in [7, 11) is 1.19. The summed E-state index contributed by atoms with van der Waals surface area (Å²) in [6, 6.07) is 4.59. The number of hydrogen-bond donors (Lipinski definition) is 1. The molecule has 20 heavy (non-hydrogen) atoms. The molecule has 0 aliphatic heterocycles. The molecule has 2 rings (SSSR count). The van der Waals surface area contributed by atoms with Gasteiger partial charge in [-0.3, -0.25) is 0 Å². The van der Waals surface area contributed by atoms with Gasteiger partial charge in [0.25, 0.3) is 0 Å². The van der Waals surface area contributed by atoms with E-state index in [0.717, 1.165) is 23.7 Å². The molecule has 4 nitrogen and oxygen atoms in total. The van der Waals surface area contributed by atoms with Crippen LogP contribution in [0.15, 0.2) is 24.3 Å². The fourth-order valence-electron chi connectivity index (χ4n) is 1.59. The number of halogens is 3. The van der Waals surface area contributed by atoms with Crippen molar-refractivity contribution in [2.24, 2.45) is 0 Å². The van der Waals surface area contributed by atoms with Gasteiger partial charge in [-0.15, -0.1) is 0 Å². The molecule has 1 aromatic heterocycles. The molecule has 0 bridgehead atoms. The number of carbonyl (C=O) groups excluding carboxylic acids is 1. The third-order valence-corrected chi connectivity index (χ3v) is 3.41. The molecule has 0 radical (unpaired) electrons. The maximum atomic E-state index is 12.6. The Labute approximate surface area is 116 Å². The lowest BCUT2D eigenvalue weighted by Crippen LogP contribution is -2.05. The maximum absolute atomic E-state index is 12.6. The smallest absolute Gasteiger partial charge is 0.416 e. The van der Waals surface area contributed by atoms with E-state index in [9.17, 15) is 18.0 Å². The van der Waals surface area contributed by atoms with Crippen LogP contribution in [0.4, 0.5) is 18.9 Å². The van der Waals surface area contributed by atoms with E-state index < -0.39 is 17.7 Å². The van der Waals surface area contributed by atoms with Crippen molar-refractivity contribution in [3.63, 3.8) is 0 Å². The van der Waals surface area contributed by atoms with Gasteiger partial charge in [-0.1, -0.05) is 12.1 Å². The monoisotopic (exact) mass is 302 g/mol. The average Bonchev–Trinajstić information content (AvgIpc) is 2.79. The van der Waals surface area contributed by atoms with Gasteiger partial charge in [0.15, 0.2) is 4.88 Å². The number of ether oxygens (including phenoxy) is 1. The molecule has 0 saturated heterocycles. The first-order valence-electron chi connectivity index (χ1n) is 5.35. The van der Waals surface area contributed by atoms with Crippen LogP contribution in [0.3, 0.4) is 0 Å². The van der Waals surface area contributed by atoms with E-state index >= 15 is 0 Å². The molecule has 1 heterocycles. The maximum Gasteiger partial charge on any atom is 0.416 e. The number of nitrogens with two attached hydrogens (primary N) is 1. The van der Waals surface area contributed by atoms with Crippen molar-refractivity contribution in [2.75, 3.05) is 12.8 Å². The molecule has 1 aromatic carbocycles. The standard InChI is InChI=1S/C12H9F3N2O2S/c1-19-11(18)10-8(16)9(17-20-10)6-3-2-4-7(5-6)12(13,14)15/h2-5H,16H2,1H3. The zero-order valence-corrected chi connectivity index (χ0v) is 11.0. The summed E-state index contributed by atoms with van der Waals surface area (Å²) in [6.45, 7) is 0. The molecule has 2 N–H and O–H groups in total. The van der Waals surface area contributed by atoms with Gasteiger partial charge in [0.2, 0.25) is 0 Å². The summed E-state index contributed by atoms with van der Waals surface area (Å²) >= 11 is 0.786. The predicted molar refractivity (Wildman–Crippen MR) is 68.3 cm³/mol. The fraction of sp³-hybridized carbons (Fsp3) is 0.167. The lowest BCUT2D eigenvalue weighted by molar-refractivity contribution is -0.137. The normalized spacial score (nSPS) is 11.4. The third kappa shape index (κ3) is 2.60. The molecule has 106 valence electrons. The van der Waals surface area contributed by atoms with Gasteiger partial charge < -0.3 is 10.5 Å². The van der Waals surface area contributed by atoms with Crippen LogP contribution in [0.2, 0.25) is 0 Å². The minimum Gasteiger partial charge on any atom is -0.465 e. The molecule has 0 aliphatic carbocycles. The van der Waals surface area contributed by atoms with Crippen LogP contribution in [0.25, 0.3) is 11.3 Å². The Morgan fingerprint density at radius 1 is 1.40 bits per heavy atom. The molecular weight excluding hydrogens is 293 g/mol. The first kappa shape index (κ1) is 14.3. The Hall–Kier alpha value is -2.09. The molecule has 2 aromatic rings. The number of methoxy groups -OCH3 is 1. The molecule has 0 aliphatic rings. The lowest BCUT2D eigenvalue weighted by Gasteiger charge is -2.08. The van der Waals surface area contributed by atoms with Gasteiger partial charge >= 0.3 is 12.1 Å². The summed E-state index contributed by atoms with van der Waals surface area (Å²) in [4.78, 5) is 11.5. The largest absolute Gasteiger partial charge is 0.465 e. The zero-order valence-electron chi connectivity index (χ0n) is 10.2. The first-order chi connectivity index (χ1) is 9.34. The summed E-state index contributed by atoms with van der Waals surface area (Å²) < 4.78 is 46.4. The number of esters is 1. The van der Waals surface area contributed by atoms with Crippen molar-refractivity contribution in [1.82, 2.24) is 4.37 Å². The number of rotatable bonds is 2. The van der Waals surface area contributed by atoms with Crippen molar-refractivity contribution >= 4 is 23.2 Å². The highest BCUT2D eigenvalue weighted by molar-refractivity contribution is 7.09. The van der Waals surface area contributed by atoms with E-state index in [4.69, 9.17) is 5.73 Å². The minimum absolute atomic E-state index is 0.0150. The minimum atomic E-state index is -4.45. The number of alkyl halides is 3. The number of benzene rings is 1. The molecular formula is C12H9F3N2O2S. The summed E-state index contributed by atoms with van der Waals surface area (Å²) in [5.74, 6) is -0.668. The molecule has 0 atom stereocenters. The molecule has 0 spiro atoms. The van der Waals surface area contributed by atoms with Crippen LogP contribution < -0.4 is 5.73 Å². The fourth-order valence-corrected chi connectivity index (χ4v) is 2.33. The number of hydrogen-bond acceptors (Lipinski definition) is 5. The van der Waals surface area contributed by atoms with Crippen molar-refractivity contribution in [1.29, 1.82) is 0 Å². The second kappa shape index (κ2) is 5.12. The van der Waals surface area contributed by atoms with Crippen molar-refractivity contribution < 1.29 is 22.7 Å². The average molecular weight is 302 g/mol. The molecule has 0 saturated carbocycles. The number of anilines is 1. The van der Waals surface area contributed by atoms with Crippen LogP contribution in [-0.4, -0.2) is 17.5 Å². The first-order valence-corrected chi connectivity index (χ1v) is 6.13. The van der Waals surface area contributed by atoms with Crippen molar-refractivity contribution in [3.8, 4) is 11.3 Å². The van der Waals surface area contributed by atoms with E-state index in [2.05, 4.69) is 9.11 Å². The number of nitrogens with zero attached hydrogens (tertiary/aromatic N) is 1. The SMILES string of the molecule is COC(=O)c1snc(-c2cccc(C(F)(F)F)c2)c1N. The van der Waals surface area contributed by atoms with Gasteiger partial charge in [-0.25, -0.2) is 4.79 Å². The van der Waals surface area contributed by atoms with Crippen LogP contribution in [0.5, 0.6) is 0 Å². The van der Waals surface area contributed by atoms with E-state index in [-0.39, 0.29) is 21.8 Å². The number of nitrogen functional groups attached to an aromatic ring is 1. The Balaban J connectivity index is 2.48. The summed E-state index contributed by atoms with van der Waals surface area (Å²) in [5, 5.41) is 0. The van der Waals surface area contributed by atoms with E-state index in [1.807, 2.05) is 0 Å². The summed E-state index contributed by atoms with van der Waals surface area (Å²) in [5.41, 5.74) is 5.29. The lowest BCUT2D eigenvalue weighted by atomic mass is 10.1. The summed E-state index contributed by atoms with van der Waals surface area (Å²) in [6.07, 6.45) is -4.45. The van der Waals surface area contributed by atoms with Crippen molar-refractivity contribution in [3.05, 3.63) is 34.7 Å². The zero-order chi connectivity index (χ0) is 14.9. The van der Waals surface area contributed by atoms with Crippen LogP contribution >= 0.6 is 11.5 Å². The Morgan fingerprint density at radius 3 is 2.70 bits per heavy atom. The predicted octanol–water partition coefficient (Wildman–Crippen LogP) is 3.20. The van der Waals surface area contributed by atoms with Gasteiger partial charge in [-0.05, 0) is 23.7 Å². The van der Waals surface area contributed by atoms with Crippen LogP contribution in [0.1, 0.15) is 15.2 Å². The second-order valence-corrected chi connectivity index (χ2v) is 4.62. The molecule has 0 fully saturated rings. The van der Waals surface area contributed by atoms with Gasteiger partial charge in [0.1, 0.15) is 5.69 Å². The number of aromatic nitrogens is 1. The van der Waals surface area contributed by atoms with Gasteiger partial charge in [0.05, 0.1) is 18.4 Å². The van der Waals surface area contributed by atoms with Gasteiger partial charge in [-0.2, -0.15) is 17.5 Å². The van der Waals surface area contributed by atoms with Crippen molar-refractivity contribution in [2.45, 2.75) is 6.18 Å². The Morgan fingerprint density at radius 2 is 2.10 bits per heavy atom. The molecule has 8 heteroatoms. The van der Waals surface area contributed by atoms with E-state index in [1.165, 1.54) is 19.2 Å². The van der Waals surface area contributed by atoms with Gasteiger partial charge in [0, 0.05) is 5.56 Å².